The van der Waals surface area contributed by atoms with Crippen molar-refractivity contribution in [2.24, 2.45) is 5.92 Å². The summed E-state index contributed by atoms with van der Waals surface area (Å²) >= 11 is 0. The highest BCUT2D eigenvalue weighted by Crippen LogP contribution is 2.26. The van der Waals surface area contributed by atoms with Crippen molar-refractivity contribution in [1.29, 1.82) is 0 Å². The molecule has 0 aliphatic heterocycles. The molecule has 1 aliphatic carbocycles. The minimum atomic E-state index is -0.473. The minimum absolute atomic E-state index is 0.0590. The summed E-state index contributed by atoms with van der Waals surface area (Å²) in [4.78, 5) is 13.5. The van der Waals surface area contributed by atoms with Gasteiger partial charge in [-0.3, -0.25) is 0 Å². The topological polar surface area (TPSA) is 52.6 Å². The van der Waals surface area contributed by atoms with E-state index in [9.17, 15) is 9.90 Å². The molecular formula is C13H26N2O2. The maximum absolute atomic E-state index is 11.9. The van der Waals surface area contributed by atoms with Gasteiger partial charge in [-0.05, 0) is 25.7 Å². The smallest absolute Gasteiger partial charge is 0.317 e. The molecule has 0 aromatic heterocycles. The van der Waals surface area contributed by atoms with Crippen molar-refractivity contribution in [2.75, 3.05) is 13.6 Å². The largest absolute Gasteiger partial charge is 0.392 e. The van der Waals surface area contributed by atoms with Gasteiger partial charge in [-0.15, -0.1) is 0 Å². The van der Waals surface area contributed by atoms with E-state index >= 15 is 0 Å². The van der Waals surface area contributed by atoms with Gasteiger partial charge in [-0.2, -0.15) is 0 Å². The molecule has 0 saturated heterocycles. The Kier molecular flexibility index (Phi) is 5.75. The Morgan fingerprint density at radius 2 is 2.12 bits per heavy atom. The molecule has 1 aliphatic rings. The van der Waals surface area contributed by atoms with Crippen LogP contribution < -0.4 is 5.32 Å². The van der Waals surface area contributed by atoms with Crippen LogP contribution in [-0.2, 0) is 0 Å². The Balaban J connectivity index is 2.43. The van der Waals surface area contributed by atoms with Crippen LogP contribution in [0.25, 0.3) is 0 Å². The molecular weight excluding hydrogens is 216 g/mol. The van der Waals surface area contributed by atoms with E-state index in [0.29, 0.717) is 18.5 Å². The summed E-state index contributed by atoms with van der Waals surface area (Å²) in [7, 11) is 1.73. The third-order valence-electron chi connectivity index (χ3n) is 3.63. The number of hydrogen-bond donors (Lipinski definition) is 2. The number of aliphatic hydroxyl groups excluding tert-OH is 1. The van der Waals surface area contributed by atoms with Gasteiger partial charge in [0.1, 0.15) is 0 Å². The van der Waals surface area contributed by atoms with E-state index in [4.69, 9.17) is 0 Å². The maximum Gasteiger partial charge on any atom is 0.317 e. The standard InChI is InChI=1S/C13H26N2O2/c1-4-11-7-5-6-8-12(11)14-13(17)15(3)9-10(2)16/h10-12,16H,4-9H2,1-3H3,(H,14,17). The Bertz CT molecular complexity index is 244. The maximum atomic E-state index is 11.9. The number of carbonyl (C=O) groups excluding carboxylic acids is 1. The SMILES string of the molecule is CCC1CCCCC1NC(=O)N(C)CC(C)O. The number of amides is 2. The predicted octanol–water partition coefficient (Wildman–Crippen LogP) is 1.98. The van der Waals surface area contributed by atoms with Gasteiger partial charge >= 0.3 is 6.03 Å². The molecule has 3 atom stereocenters. The second-order valence-electron chi connectivity index (χ2n) is 5.24. The lowest BCUT2D eigenvalue weighted by molar-refractivity contribution is 0.138. The number of hydrogen-bond acceptors (Lipinski definition) is 2. The summed E-state index contributed by atoms with van der Waals surface area (Å²) in [6.07, 6.45) is 5.47. The third kappa shape index (κ3) is 4.54. The summed E-state index contributed by atoms with van der Waals surface area (Å²) in [6, 6.07) is 0.258. The highest BCUT2D eigenvalue weighted by molar-refractivity contribution is 5.74. The van der Waals surface area contributed by atoms with Gasteiger partial charge in [-0.25, -0.2) is 4.79 Å². The van der Waals surface area contributed by atoms with Crippen molar-refractivity contribution in [3.8, 4) is 0 Å². The van der Waals surface area contributed by atoms with E-state index in [1.54, 1.807) is 18.9 Å². The predicted molar refractivity (Wildman–Crippen MR) is 68.9 cm³/mol. The zero-order valence-corrected chi connectivity index (χ0v) is 11.3. The van der Waals surface area contributed by atoms with Gasteiger partial charge in [0.25, 0.3) is 0 Å². The Morgan fingerprint density at radius 1 is 1.47 bits per heavy atom. The van der Waals surface area contributed by atoms with Gasteiger partial charge < -0.3 is 15.3 Å². The number of likely N-dealkylation sites (N-methyl/N-ethyl adjacent to an activating group) is 1. The van der Waals surface area contributed by atoms with Crippen LogP contribution in [0.2, 0.25) is 0 Å². The Labute approximate surface area is 104 Å². The molecule has 1 saturated carbocycles. The van der Waals surface area contributed by atoms with Crippen LogP contribution in [0, 0.1) is 5.92 Å². The summed E-state index contributed by atoms with van der Waals surface area (Å²) in [5.74, 6) is 0.618. The normalized spacial score (nSPS) is 26.4. The number of carbonyl (C=O) groups is 1. The molecule has 0 spiro atoms. The second kappa shape index (κ2) is 6.84. The summed E-state index contributed by atoms with van der Waals surface area (Å²) < 4.78 is 0. The van der Waals surface area contributed by atoms with Crippen molar-refractivity contribution < 1.29 is 9.90 Å². The molecule has 2 N–H and O–H groups in total. The number of aliphatic hydroxyl groups is 1. The zero-order chi connectivity index (χ0) is 12.8. The van der Waals surface area contributed by atoms with E-state index in [0.717, 1.165) is 12.8 Å². The Morgan fingerprint density at radius 3 is 2.71 bits per heavy atom. The third-order valence-corrected chi connectivity index (χ3v) is 3.63. The first-order chi connectivity index (χ1) is 8.04. The molecule has 17 heavy (non-hydrogen) atoms. The number of nitrogens with one attached hydrogen (secondary N) is 1. The zero-order valence-electron chi connectivity index (χ0n) is 11.3. The molecule has 4 heteroatoms. The van der Waals surface area contributed by atoms with Crippen LogP contribution >= 0.6 is 0 Å². The molecule has 0 radical (unpaired) electrons. The van der Waals surface area contributed by atoms with Crippen molar-refractivity contribution in [3.63, 3.8) is 0 Å². The van der Waals surface area contributed by atoms with Crippen LogP contribution in [0.5, 0.6) is 0 Å². The van der Waals surface area contributed by atoms with Gasteiger partial charge in [0.05, 0.1) is 6.10 Å². The first-order valence-corrected chi connectivity index (χ1v) is 6.74. The van der Waals surface area contributed by atoms with Gasteiger partial charge in [-0.1, -0.05) is 26.2 Å². The van der Waals surface area contributed by atoms with E-state index in [1.165, 1.54) is 19.3 Å². The first-order valence-electron chi connectivity index (χ1n) is 6.74. The fourth-order valence-electron chi connectivity index (χ4n) is 2.63. The average molecular weight is 242 g/mol. The van der Waals surface area contributed by atoms with Crippen LogP contribution in [0.4, 0.5) is 4.79 Å². The Hall–Kier alpha value is -0.770. The van der Waals surface area contributed by atoms with Gasteiger partial charge in [0, 0.05) is 19.6 Å². The van der Waals surface area contributed by atoms with Crippen LogP contribution in [-0.4, -0.2) is 41.8 Å². The lowest BCUT2D eigenvalue weighted by Crippen LogP contribution is -2.48. The summed E-state index contributed by atoms with van der Waals surface area (Å²) in [6.45, 7) is 4.27. The van der Waals surface area contributed by atoms with Crippen molar-refractivity contribution >= 4 is 6.03 Å². The monoisotopic (exact) mass is 242 g/mol. The van der Waals surface area contributed by atoms with E-state index in [2.05, 4.69) is 12.2 Å². The minimum Gasteiger partial charge on any atom is -0.392 e. The highest BCUT2D eigenvalue weighted by atomic mass is 16.3. The van der Waals surface area contributed by atoms with Gasteiger partial charge in [0.15, 0.2) is 0 Å². The molecule has 100 valence electrons. The van der Waals surface area contributed by atoms with Crippen LogP contribution in [0.1, 0.15) is 46.0 Å². The lowest BCUT2D eigenvalue weighted by Gasteiger charge is -2.33. The highest BCUT2D eigenvalue weighted by Gasteiger charge is 2.26. The van der Waals surface area contributed by atoms with E-state index in [1.807, 2.05) is 0 Å². The van der Waals surface area contributed by atoms with Crippen LogP contribution in [0.15, 0.2) is 0 Å². The quantitative estimate of drug-likeness (QED) is 0.792. The molecule has 4 nitrogen and oxygen atoms in total. The molecule has 0 aromatic carbocycles. The number of rotatable bonds is 4. The fraction of sp³-hybridized carbons (Fsp3) is 0.923. The van der Waals surface area contributed by atoms with Crippen molar-refractivity contribution in [2.45, 2.75) is 58.1 Å². The molecule has 3 unspecified atom stereocenters. The molecule has 1 rings (SSSR count). The van der Waals surface area contributed by atoms with E-state index in [-0.39, 0.29) is 6.03 Å². The molecule has 2 amide bonds. The first kappa shape index (κ1) is 14.3. The van der Waals surface area contributed by atoms with Crippen LogP contribution in [0.3, 0.4) is 0 Å². The van der Waals surface area contributed by atoms with Crippen molar-refractivity contribution in [3.05, 3.63) is 0 Å². The van der Waals surface area contributed by atoms with Gasteiger partial charge in [0.2, 0.25) is 0 Å². The fourth-order valence-corrected chi connectivity index (χ4v) is 2.63. The molecule has 0 aromatic rings. The number of nitrogens with zero attached hydrogens (tertiary/aromatic N) is 1. The van der Waals surface area contributed by atoms with Crippen molar-refractivity contribution in [1.82, 2.24) is 10.2 Å². The van der Waals surface area contributed by atoms with E-state index < -0.39 is 6.10 Å². The molecule has 1 fully saturated rings. The average Bonchev–Trinajstić information content (AvgIpc) is 2.28. The number of urea groups is 1. The molecule has 0 heterocycles. The lowest BCUT2D eigenvalue weighted by atomic mass is 9.83. The summed E-state index contributed by atoms with van der Waals surface area (Å²) in [5, 5.41) is 12.4. The molecule has 0 bridgehead atoms. The summed E-state index contributed by atoms with van der Waals surface area (Å²) in [5.41, 5.74) is 0. The second-order valence-corrected chi connectivity index (χ2v) is 5.24.